The lowest BCUT2D eigenvalue weighted by molar-refractivity contribution is 0.480. The summed E-state index contributed by atoms with van der Waals surface area (Å²) in [5, 5.41) is 19.8. The van der Waals surface area contributed by atoms with Gasteiger partial charge in [0.1, 0.15) is 11.4 Å². The zero-order chi connectivity index (χ0) is 15.7. The fraction of sp³-hybridized carbons (Fsp3) is 0. The van der Waals surface area contributed by atoms with E-state index in [-0.39, 0.29) is 5.75 Å². The monoisotopic (exact) mass is 327 g/mol. The number of nitrogen functional groups attached to an aromatic ring is 1. The van der Waals surface area contributed by atoms with Gasteiger partial charge in [0.15, 0.2) is 0 Å². The smallest absolute Gasteiger partial charge is 0.124 e. The molecule has 3 N–H and O–H groups in total. The van der Waals surface area contributed by atoms with E-state index in [9.17, 15) is 5.11 Å². The van der Waals surface area contributed by atoms with Crippen LogP contribution in [0, 0.1) is 0 Å². The molecular weight excluding hydrogens is 314 g/mol. The van der Waals surface area contributed by atoms with Crippen LogP contribution in [0.5, 0.6) is 5.75 Å². The summed E-state index contributed by atoms with van der Waals surface area (Å²) >= 11 is 8.51. The molecule has 3 aromatic carbocycles. The van der Waals surface area contributed by atoms with Gasteiger partial charge in [0.25, 0.3) is 0 Å². The number of phenolic OH excluding ortho intramolecular Hbond substituents is 1. The predicted octanol–water partition coefficient (Wildman–Crippen LogP) is 5.12. The summed E-state index contributed by atoms with van der Waals surface area (Å²) in [6.07, 6.45) is 0. The highest BCUT2D eigenvalue weighted by molar-refractivity contribution is 7.80. The first-order valence-electron chi connectivity index (χ1n) is 6.49. The molecule has 0 aromatic heterocycles. The Balaban J connectivity index is 2.13. The van der Waals surface area contributed by atoms with Gasteiger partial charge >= 0.3 is 0 Å². The number of phenols is 1. The minimum atomic E-state index is 0.137. The van der Waals surface area contributed by atoms with Crippen molar-refractivity contribution in [2.75, 3.05) is 5.73 Å². The van der Waals surface area contributed by atoms with Crippen molar-refractivity contribution in [2.24, 2.45) is 10.2 Å². The Labute approximate surface area is 138 Å². The molecule has 0 saturated carbocycles. The zero-order valence-electron chi connectivity index (χ0n) is 11.4. The van der Waals surface area contributed by atoms with Gasteiger partial charge in [0.2, 0.25) is 0 Å². The second-order valence-electron chi connectivity index (χ2n) is 4.78. The Bertz CT molecular complexity index is 877. The quantitative estimate of drug-likeness (QED) is 0.300. The molecule has 0 amide bonds. The van der Waals surface area contributed by atoms with Crippen LogP contribution in [-0.4, -0.2) is 5.11 Å². The Kier molecular flexibility index (Phi) is 3.96. The van der Waals surface area contributed by atoms with E-state index in [4.69, 9.17) is 5.73 Å². The number of benzene rings is 3. The molecule has 6 heteroatoms. The molecule has 22 heavy (non-hydrogen) atoms. The molecule has 0 heterocycles. The fourth-order valence-electron chi connectivity index (χ4n) is 2.14. The van der Waals surface area contributed by atoms with Crippen LogP contribution >= 0.6 is 25.3 Å². The topological polar surface area (TPSA) is 71.0 Å². The number of nitrogens with two attached hydrogens (primary N) is 1. The van der Waals surface area contributed by atoms with Gasteiger partial charge in [-0.05, 0) is 48.5 Å². The van der Waals surface area contributed by atoms with Crippen molar-refractivity contribution in [3.05, 3.63) is 48.5 Å². The molecule has 3 aromatic rings. The average molecular weight is 327 g/mol. The van der Waals surface area contributed by atoms with E-state index in [2.05, 4.69) is 35.5 Å². The maximum absolute atomic E-state index is 10.0. The highest BCUT2D eigenvalue weighted by Gasteiger charge is 2.09. The molecule has 0 atom stereocenters. The van der Waals surface area contributed by atoms with E-state index in [1.54, 1.807) is 24.3 Å². The highest BCUT2D eigenvalue weighted by atomic mass is 32.1. The normalized spacial score (nSPS) is 11.4. The van der Waals surface area contributed by atoms with Crippen LogP contribution in [-0.2, 0) is 0 Å². The average Bonchev–Trinajstić information content (AvgIpc) is 2.47. The number of nitrogens with zero attached hydrogens (tertiary/aromatic N) is 2. The summed E-state index contributed by atoms with van der Waals surface area (Å²) in [4.78, 5) is 1.49. The van der Waals surface area contributed by atoms with Crippen LogP contribution in [0.3, 0.4) is 0 Å². The van der Waals surface area contributed by atoms with Gasteiger partial charge in [-0.2, -0.15) is 5.11 Å². The van der Waals surface area contributed by atoms with Crippen molar-refractivity contribution < 1.29 is 5.11 Å². The molecule has 0 radical (unpaired) electrons. The third kappa shape index (κ3) is 2.88. The van der Waals surface area contributed by atoms with E-state index in [1.807, 2.05) is 24.3 Å². The summed E-state index contributed by atoms with van der Waals surface area (Å²) in [5.74, 6) is 0.137. The maximum atomic E-state index is 10.0. The maximum Gasteiger partial charge on any atom is 0.124 e. The van der Waals surface area contributed by atoms with Gasteiger partial charge in [0, 0.05) is 20.6 Å². The number of aromatic hydroxyl groups is 1. The molecule has 0 saturated heterocycles. The van der Waals surface area contributed by atoms with Crippen LogP contribution in [0.2, 0.25) is 0 Å². The number of anilines is 1. The summed E-state index contributed by atoms with van der Waals surface area (Å²) in [7, 11) is 0. The van der Waals surface area contributed by atoms with Gasteiger partial charge in [-0.3, -0.25) is 0 Å². The van der Waals surface area contributed by atoms with Crippen molar-refractivity contribution in [1.29, 1.82) is 0 Å². The van der Waals surface area contributed by atoms with E-state index in [0.29, 0.717) is 32.7 Å². The van der Waals surface area contributed by atoms with Gasteiger partial charge in [-0.1, -0.05) is 0 Å². The van der Waals surface area contributed by atoms with Crippen LogP contribution in [0.4, 0.5) is 17.1 Å². The number of fused-ring (bicyclic) bond motifs is 1. The van der Waals surface area contributed by atoms with Crippen LogP contribution in [0.15, 0.2) is 68.6 Å². The highest BCUT2D eigenvalue weighted by Crippen LogP contribution is 2.38. The van der Waals surface area contributed by atoms with Gasteiger partial charge in [0.05, 0.1) is 11.4 Å². The van der Waals surface area contributed by atoms with Gasteiger partial charge in [-0.15, -0.1) is 30.4 Å². The fourth-order valence-corrected chi connectivity index (χ4v) is 2.54. The number of hydrogen-bond acceptors (Lipinski definition) is 6. The number of hydrogen-bond donors (Lipinski definition) is 4. The molecule has 0 aliphatic rings. The van der Waals surface area contributed by atoms with Gasteiger partial charge in [-0.25, -0.2) is 0 Å². The van der Waals surface area contributed by atoms with Gasteiger partial charge < -0.3 is 10.8 Å². The molecule has 0 spiro atoms. The molecule has 0 fully saturated rings. The van der Waals surface area contributed by atoms with Crippen molar-refractivity contribution >= 4 is 53.1 Å². The van der Waals surface area contributed by atoms with Crippen molar-refractivity contribution in [1.82, 2.24) is 0 Å². The van der Waals surface area contributed by atoms with Crippen molar-refractivity contribution in [3.63, 3.8) is 0 Å². The van der Waals surface area contributed by atoms with Crippen molar-refractivity contribution in [2.45, 2.75) is 9.79 Å². The second kappa shape index (κ2) is 5.90. The second-order valence-corrected chi connectivity index (χ2v) is 5.81. The zero-order valence-corrected chi connectivity index (χ0v) is 13.2. The third-order valence-corrected chi connectivity index (χ3v) is 3.77. The molecule has 0 aliphatic carbocycles. The minimum absolute atomic E-state index is 0.137. The standard InChI is InChI=1S/C16H13N3OS2/c17-14-6-5-12-13(7-11(22)8-15(12)20)16(14)19-18-9-1-3-10(21)4-2-9/h1-8,20-22H,17H2. The molecule has 110 valence electrons. The van der Waals surface area contributed by atoms with Crippen LogP contribution in [0.25, 0.3) is 10.8 Å². The molecule has 0 unspecified atom stereocenters. The first kappa shape index (κ1) is 14.7. The van der Waals surface area contributed by atoms with E-state index in [0.717, 1.165) is 4.90 Å². The summed E-state index contributed by atoms with van der Waals surface area (Å²) in [6.45, 7) is 0. The molecule has 0 bridgehead atoms. The number of rotatable bonds is 2. The Morgan fingerprint density at radius 2 is 1.55 bits per heavy atom. The predicted molar refractivity (Wildman–Crippen MR) is 95.1 cm³/mol. The van der Waals surface area contributed by atoms with Crippen molar-refractivity contribution in [3.8, 4) is 5.75 Å². The lowest BCUT2D eigenvalue weighted by Gasteiger charge is -2.07. The summed E-state index contributed by atoms with van der Waals surface area (Å²) in [6, 6.07) is 14.1. The SMILES string of the molecule is Nc1ccc2c(O)cc(S)cc2c1N=Nc1ccc(S)cc1. The first-order valence-corrected chi connectivity index (χ1v) is 7.39. The lowest BCUT2D eigenvalue weighted by Crippen LogP contribution is -1.87. The molecular formula is C16H13N3OS2. The largest absolute Gasteiger partial charge is 0.507 e. The van der Waals surface area contributed by atoms with Crippen LogP contribution < -0.4 is 5.73 Å². The summed E-state index contributed by atoms with van der Waals surface area (Å²) < 4.78 is 0. The summed E-state index contributed by atoms with van der Waals surface area (Å²) in [5.41, 5.74) is 7.70. The Hall–Kier alpha value is -2.18. The van der Waals surface area contributed by atoms with E-state index >= 15 is 0 Å². The number of azo groups is 1. The Morgan fingerprint density at radius 3 is 2.27 bits per heavy atom. The third-order valence-electron chi connectivity index (χ3n) is 3.22. The molecule has 0 aliphatic heterocycles. The molecule has 3 rings (SSSR count). The van der Waals surface area contributed by atoms with E-state index in [1.165, 1.54) is 0 Å². The number of thiol groups is 2. The first-order chi connectivity index (χ1) is 10.5. The Morgan fingerprint density at radius 1 is 0.818 bits per heavy atom. The van der Waals surface area contributed by atoms with E-state index < -0.39 is 0 Å². The molecule has 4 nitrogen and oxygen atoms in total. The van der Waals surface area contributed by atoms with Crippen LogP contribution in [0.1, 0.15) is 0 Å². The lowest BCUT2D eigenvalue weighted by atomic mass is 10.1. The minimum Gasteiger partial charge on any atom is -0.507 e.